The van der Waals surface area contributed by atoms with Crippen molar-refractivity contribution in [2.45, 2.75) is 121 Å². The molecule has 9 rings (SSSR count). The molecule has 70 heavy (non-hydrogen) atoms. The predicted octanol–water partition coefficient (Wildman–Crippen LogP) is 11.0. The number of hydrogen-bond acceptors (Lipinski definition) is 12. The number of nitrogens with zero attached hydrogens (tertiary/aromatic N) is 7. The van der Waals surface area contributed by atoms with E-state index in [0.717, 1.165) is 43.8 Å². The zero-order valence-corrected chi connectivity index (χ0v) is 42.0. The van der Waals surface area contributed by atoms with Crippen LogP contribution in [-0.4, -0.2) is 109 Å². The van der Waals surface area contributed by atoms with Gasteiger partial charge in [0, 0.05) is 43.3 Å². The van der Waals surface area contributed by atoms with Gasteiger partial charge in [-0.25, -0.2) is 23.7 Å². The lowest BCUT2D eigenvalue weighted by atomic mass is 9.95. The molecule has 0 radical (unpaired) electrons. The molecule has 0 unspecified atom stereocenters. The normalized spacial score (nSPS) is 20.6. The minimum atomic E-state index is -4.63. The Labute approximate surface area is 406 Å². The molecule has 0 N–H and O–H groups in total. The average Bonchev–Trinajstić information content (AvgIpc) is 3.77. The summed E-state index contributed by atoms with van der Waals surface area (Å²) in [7, 11) is -0.855. The first-order valence-electron chi connectivity index (χ1n) is 24.2. The molecule has 3 atom stereocenters. The molecule has 0 aliphatic carbocycles. The first kappa shape index (κ1) is 49.5. The third-order valence-corrected chi connectivity index (χ3v) is 21.3. The number of methoxy groups -OCH3 is 1. The van der Waals surface area contributed by atoms with Crippen LogP contribution in [0.3, 0.4) is 0 Å². The molecule has 3 saturated heterocycles. The molecule has 3 aromatic heterocycles. The Hall–Kier alpha value is -5.48. The quantitative estimate of drug-likeness (QED) is 0.0484. The van der Waals surface area contributed by atoms with Crippen LogP contribution in [0.2, 0.25) is 16.6 Å². The van der Waals surface area contributed by atoms with Crippen molar-refractivity contribution < 1.29 is 45.6 Å². The maximum atomic E-state index is 18.2. The van der Waals surface area contributed by atoms with Gasteiger partial charge in [0.15, 0.2) is 18.3 Å². The number of rotatable bonds is 13. The van der Waals surface area contributed by atoms with Gasteiger partial charge in [0.05, 0.1) is 34.8 Å². The van der Waals surface area contributed by atoms with Gasteiger partial charge in [-0.3, -0.25) is 4.90 Å². The SMILES string of the molecule is COCOc1cc(-c2nc3c4c(nc(OC[C@@]56CCCN5[C@H](COc5cc(C(F)(F)F)ncn5)CC6)nc4c2F)N2CCCOC[C@@H]2C=C3C)c2c(C#C[Si](C(C)C)(C(C)C)C(C)C)c(F)ccc2c1. The molecule has 0 saturated carbocycles. The first-order valence-corrected chi connectivity index (χ1v) is 26.5. The van der Waals surface area contributed by atoms with E-state index in [1.165, 1.54) is 13.2 Å². The molecule has 4 aliphatic heterocycles. The maximum Gasteiger partial charge on any atom is 0.433 e. The van der Waals surface area contributed by atoms with E-state index in [2.05, 4.69) is 78.9 Å². The van der Waals surface area contributed by atoms with Crippen LogP contribution < -0.4 is 19.1 Å². The zero-order chi connectivity index (χ0) is 49.7. The van der Waals surface area contributed by atoms with Gasteiger partial charge in [-0.2, -0.15) is 23.1 Å². The fraction of sp³-hybridized carbons (Fsp3) is 0.519. The first-order chi connectivity index (χ1) is 33.5. The lowest BCUT2D eigenvalue weighted by Gasteiger charge is -2.38. The van der Waals surface area contributed by atoms with Gasteiger partial charge < -0.3 is 28.6 Å². The molecule has 0 spiro atoms. The van der Waals surface area contributed by atoms with Crippen molar-refractivity contribution in [1.82, 2.24) is 29.8 Å². The highest BCUT2D eigenvalue weighted by Crippen LogP contribution is 2.46. The van der Waals surface area contributed by atoms with Gasteiger partial charge in [0.2, 0.25) is 5.88 Å². The highest BCUT2D eigenvalue weighted by molar-refractivity contribution is 6.90. The third-order valence-electron chi connectivity index (χ3n) is 15.0. The highest BCUT2D eigenvalue weighted by atomic mass is 28.3. The lowest BCUT2D eigenvalue weighted by molar-refractivity contribution is -0.141. The van der Waals surface area contributed by atoms with E-state index in [0.29, 0.717) is 66.0 Å². The summed E-state index contributed by atoms with van der Waals surface area (Å²) in [6.45, 7) is 17.6. The Morgan fingerprint density at radius 2 is 1.69 bits per heavy atom. The number of pyridine rings is 1. The minimum absolute atomic E-state index is 0.00799. The molecule has 3 fully saturated rings. The smallest absolute Gasteiger partial charge is 0.433 e. The number of fused-ring (bicyclic) bond motifs is 4. The summed E-state index contributed by atoms with van der Waals surface area (Å²) >= 11 is 0. The fourth-order valence-corrected chi connectivity index (χ4v) is 16.9. The van der Waals surface area contributed by atoms with Crippen LogP contribution in [0.15, 0.2) is 42.7 Å². The second kappa shape index (κ2) is 19.6. The number of aromatic nitrogens is 5. The predicted molar refractivity (Wildman–Crippen MR) is 261 cm³/mol. The van der Waals surface area contributed by atoms with Crippen LogP contribution in [0.5, 0.6) is 17.6 Å². The van der Waals surface area contributed by atoms with Crippen molar-refractivity contribution in [1.29, 1.82) is 0 Å². The van der Waals surface area contributed by atoms with E-state index in [9.17, 15) is 13.2 Å². The Bertz CT molecular complexity index is 2870. The van der Waals surface area contributed by atoms with E-state index in [-0.39, 0.29) is 82.9 Å². The Morgan fingerprint density at radius 1 is 0.900 bits per heavy atom. The van der Waals surface area contributed by atoms with Crippen LogP contribution in [0.25, 0.3) is 38.5 Å². The molecule has 0 amide bonds. The van der Waals surface area contributed by atoms with Crippen molar-refractivity contribution in [2.24, 2.45) is 0 Å². The lowest BCUT2D eigenvalue weighted by Crippen LogP contribution is -2.48. The molecular formula is C52H60F5N7O5Si. The monoisotopic (exact) mass is 985 g/mol. The summed E-state index contributed by atoms with van der Waals surface area (Å²) in [6.07, 6.45) is 2.09. The van der Waals surface area contributed by atoms with Crippen LogP contribution in [0.1, 0.15) is 97.5 Å². The number of benzene rings is 2. The number of halogens is 5. The average molecular weight is 986 g/mol. The standard InChI is InChI=1S/C52H60F5N7O5Si/c1-30(2)70(31(3)4,32(5)6)20-14-38-40(53)12-11-34-22-37(69-29-65-8)23-39(43(34)38)47-45(54)48-44-46(60-47)33(7)21-36-25-66-19-10-17-63(36)49(44)62-50(61-48)68-27-51-15-9-18-64(51)35(13-16-51)26-67-42-24-41(52(55,56)57)58-28-59-42/h11-12,21-24,28,30-32,35-36H,9-10,13,15-19,25-27,29H2,1-8H3/t35-,36-,51-/m0/s1. The van der Waals surface area contributed by atoms with Crippen LogP contribution in [0, 0.1) is 23.1 Å². The maximum absolute atomic E-state index is 18.2. The van der Waals surface area contributed by atoms with Gasteiger partial charge in [0.25, 0.3) is 0 Å². The molecule has 5 aromatic rings. The topological polar surface area (TPSA) is 117 Å². The van der Waals surface area contributed by atoms with Crippen molar-refractivity contribution in [2.75, 3.05) is 58.3 Å². The number of anilines is 1. The van der Waals surface area contributed by atoms with Crippen molar-refractivity contribution in [3.8, 4) is 40.4 Å². The summed E-state index contributed by atoms with van der Waals surface area (Å²) in [5.74, 6) is 2.77. The van der Waals surface area contributed by atoms with Crippen molar-refractivity contribution in [3.05, 3.63) is 71.3 Å². The third kappa shape index (κ3) is 9.07. The van der Waals surface area contributed by atoms with Crippen LogP contribution in [0.4, 0.5) is 27.8 Å². The largest absolute Gasteiger partial charge is 0.476 e. The molecule has 372 valence electrons. The Morgan fingerprint density at radius 3 is 2.43 bits per heavy atom. The number of alkyl halides is 3. The fourth-order valence-electron chi connectivity index (χ4n) is 11.7. The van der Waals surface area contributed by atoms with Gasteiger partial charge in [-0.15, -0.1) is 5.54 Å². The number of allylic oxidation sites excluding steroid dienone is 1. The van der Waals surface area contributed by atoms with Gasteiger partial charge in [-0.05, 0) is 91.4 Å². The van der Waals surface area contributed by atoms with Gasteiger partial charge in [0.1, 0.15) is 56.2 Å². The second-order valence-electron chi connectivity index (χ2n) is 20.0. The van der Waals surface area contributed by atoms with E-state index in [4.69, 9.17) is 38.6 Å². The van der Waals surface area contributed by atoms with Crippen molar-refractivity contribution >= 4 is 41.1 Å². The molecule has 12 nitrogen and oxygen atoms in total. The summed E-state index contributed by atoms with van der Waals surface area (Å²) in [4.78, 5) is 26.8. The van der Waals surface area contributed by atoms with E-state index in [1.807, 2.05) is 6.92 Å². The minimum Gasteiger partial charge on any atom is -0.476 e. The summed E-state index contributed by atoms with van der Waals surface area (Å²) < 4.78 is 105. The van der Waals surface area contributed by atoms with Crippen LogP contribution >= 0.6 is 0 Å². The van der Waals surface area contributed by atoms with E-state index >= 15 is 8.78 Å². The second-order valence-corrected chi connectivity index (χ2v) is 25.5. The Kier molecular flexibility index (Phi) is 13.9. The number of hydrogen-bond donors (Lipinski definition) is 0. The summed E-state index contributed by atoms with van der Waals surface area (Å²) in [5.41, 5.74) is 4.63. The molecular weight excluding hydrogens is 926 g/mol. The molecule has 2 aromatic carbocycles. The Balaban J connectivity index is 1.17. The van der Waals surface area contributed by atoms with Gasteiger partial charge >= 0.3 is 12.2 Å². The highest BCUT2D eigenvalue weighted by Gasteiger charge is 2.50. The molecule has 0 bridgehead atoms. The molecule has 7 heterocycles. The van der Waals surface area contributed by atoms with E-state index < -0.39 is 37.1 Å². The molecule has 4 aliphatic rings. The van der Waals surface area contributed by atoms with Gasteiger partial charge in [-0.1, -0.05) is 59.6 Å². The number of ether oxygens (including phenoxy) is 5. The van der Waals surface area contributed by atoms with Crippen LogP contribution in [-0.2, 0) is 15.7 Å². The van der Waals surface area contributed by atoms with Crippen molar-refractivity contribution in [3.63, 3.8) is 0 Å². The zero-order valence-electron chi connectivity index (χ0n) is 41.0. The summed E-state index contributed by atoms with van der Waals surface area (Å²) in [5, 5.41) is 1.41. The summed E-state index contributed by atoms with van der Waals surface area (Å²) in [6, 6.07) is 6.90. The van der Waals surface area contributed by atoms with E-state index in [1.54, 1.807) is 18.2 Å². The molecule has 18 heteroatoms.